The molecule has 1 aliphatic heterocycles. The molecular weight excluding hydrogens is 389 g/mol. The third-order valence-corrected chi connectivity index (χ3v) is 5.51. The van der Waals surface area contributed by atoms with Crippen LogP contribution in [-0.2, 0) is 13.1 Å². The highest BCUT2D eigenvalue weighted by molar-refractivity contribution is 7.80. The molecule has 0 radical (unpaired) electrons. The molecule has 0 spiro atoms. The Bertz CT molecular complexity index is 784. The second-order valence-electron chi connectivity index (χ2n) is 6.41. The summed E-state index contributed by atoms with van der Waals surface area (Å²) < 4.78 is 2.00. The highest BCUT2D eigenvalue weighted by Crippen LogP contribution is 2.25. The molecule has 0 saturated carbocycles. The lowest BCUT2D eigenvalue weighted by molar-refractivity contribution is 0.176. The van der Waals surface area contributed by atoms with Crippen molar-refractivity contribution in [2.24, 2.45) is 0 Å². The van der Waals surface area contributed by atoms with Gasteiger partial charge in [0.1, 0.15) is 0 Å². The van der Waals surface area contributed by atoms with Crippen LogP contribution in [0.4, 0.5) is 5.69 Å². The number of hydrogen-bond acceptors (Lipinski definition) is 3. The molecule has 2 aromatic rings. The van der Waals surface area contributed by atoms with Gasteiger partial charge in [0.2, 0.25) is 0 Å². The van der Waals surface area contributed by atoms with Crippen LogP contribution in [0.1, 0.15) is 18.2 Å². The fourth-order valence-electron chi connectivity index (χ4n) is 3.01. The summed E-state index contributed by atoms with van der Waals surface area (Å²) in [5.41, 5.74) is 3.20. The number of rotatable bonds is 4. The summed E-state index contributed by atoms with van der Waals surface area (Å²) in [4.78, 5) is 4.62. The van der Waals surface area contributed by atoms with E-state index in [9.17, 15) is 0 Å². The van der Waals surface area contributed by atoms with Gasteiger partial charge in [0.15, 0.2) is 5.11 Å². The van der Waals surface area contributed by atoms with E-state index >= 15 is 0 Å². The monoisotopic (exact) mass is 411 g/mol. The topological polar surface area (TPSA) is 36.3 Å². The van der Waals surface area contributed by atoms with Gasteiger partial charge in [0.25, 0.3) is 0 Å². The minimum absolute atomic E-state index is 0.571. The number of aryl methyl sites for hydroxylation is 2. The maximum absolute atomic E-state index is 6.21. The third-order valence-electron chi connectivity index (χ3n) is 4.60. The molecule has 0 atom stereocenters. The molecule has 26 heavy (non-hydrogen) atoms. The highest BCUT2D eigenvalue weighted by atomic mass is 35.5. The zero-order valence-corrected chi connectivity index (χ0v) is 17.3. The molecular formula is C18H23Cl2N5S. The van der Waals surface area contributed by atoms with E-state index in [4.69, 9.17) is 35.4 Å². The zero-order valence-electron chi connectivity index (χ0n) is 15.0. The summed E-state index contributed by atoms with van der Waals surface area (Å²) in [6.45, 7) is 9.73. The van der Waals surface area contributed by atoms with Crippen LogP contribution in [0.5, 0.6) is 0 Å². The average molecular weight is 412 g/mol. The molecule has 0 aliphatic carbocycles. The predicted octanol–water partition coefficient (Wildman–Crippen LogP) is 4.03. The summed E-state index contributed by atoms with van der Waals surface area (Å²) in [5.74, 6) is 0. The third kappa shape index (κ3) is 4.68. The van der Waals surface area contributed by atoms with Crippen LogP contribution in [0.15, 0.2) is 24.4 Å². The first-order valence-electron chi connectivity index (χ1n) is 8.72. The Morgan fingerprint density at radius 1 is 1.23 bits per heavy atom. The Morgan fingerprint density at radius 3 is 2.58 bits per heavy atom. The Balaban J connectivity index is 1.52. The molecule has 1 aromatic heterocycles. The number of nitrogens with zero attached hydrogens (tertiary/aromatic N) is 4. The minimum Gasteiger partial charge on any atom is -0.346 e. The maximum Gasteiger partial charge on any atom is 0.173 e. The van der Waals surface area contributed by atoms with Gasteiger partial charge in [-0.15, -0.1) is 0 Å². The largest absolute Gasteiger partial charge is 0.346 e. The predicted molar refractivity (Wildman–Crippen MR) is 112 cm³/mol. The lowest BCUT2D eigenvalue weighted by Crippen LogP contribution is -2.49. The summed E-state index contributed by atoms with van der Waals surface area (Å²) in [6, 6.07) is 5.36. The van der Waals surface area contributed by atoms with E-state index in [1.54, 1.807) is 12.1 Å². The number of hydrogen-bond donors (Lipinski definition) is 1. The molecule has 140 valence electrons. The van der Waals surface area contributed by atoms with Crippen LogP contribution in [0.25, 0.3) is 0 Å². The number of piperazine rings is 1. The molecule has 2 heterocycles. The van der Waals surface area contributed by atoms with E-state index in [1.807, 2.05) is 10.7 Å². The summed E-state index contributed by atoms with van der Waals surface area (Å²) >= 11 is 17.7. The van der Waals surface area contributed by atoms with Gasteiger partial charge in [-0.05, 0) is 44.3 Å². The highest BCUT2D eigenvalue weighted by Gasteiger charge is 2.20. The first-order valence-corrected chi connectivity index (χ1v) is 9.89. The Hall–Kier alpha value is -1.34. The smallest absolute Gasteiger partial charge is 0.173 e. The molecule has 1 aliphatic rings. The quantitative estimate of drug-likeness (QED) is 0.768. The molecule has 3 rings (SSSR count). The van der Waals surface area contributed by atoms with E-state index in [0.29, 0.717) is 15.2 Å². The number of benzene rings is 1. The van der Waals surface area contributed by atoms with Gasteiger partial charge in [-0.25, -0.2) is 0 Å². The van der Waals surface area contributed by atoms with Crippen molar-refractivity contribution in [2.75, 3.05) is 31.5 Å². The standard InChI is InChI=1S/C18H23Cl2N5S/c1-3-25-12-14(13(2)22-25)11-23-6-8-24(9-7-23)18(26)21-17-5-4-15(19)10-16(17)20/h4-5,10,12H,3,6-9,11H2,1-2H3,(H,21,26). The molecule has 1 aromatic carbocycles. The fourth-order valence-corrected chi connectivity index (χ4v) is 3.76. The fraction of sp³-hybridized carbons (Fsp3) is 0.444. The molecule has 8 heteroatoms. The number of halogens is 2. The molecule has 1 fully saturated rings. The lowest BCUT2D eigenvalue weighted by atomic mass is 10.2. The van der Waals surface area contributed by atoms with Crippen molar-refractivity contribution in [3.8, 4) is 0 Å². The first kappa shape index (κ1) is 19.4. The van der Waals surface area contributed by atoms with Crippen molar-refractivity contribution in [1.29, 1.82) is 0 Å². The van der Waals surface area contributed by atoms with E-state index < -0.39 is 0 Å². The number of aromatic nitrogens is 2. The van der Waals surface area contributed by atoms with Crippen LogP contribution >= 0.6 is 35.4 Å². The van der Waals surface area contributed by atoms with Gasteiger partial charge in [0, 0.05) is 56.1 Å². The Morgan fingerprint density at radius 2 is 1.96 bits per heavy atom. The zero-order chi connectivity index (χ0) is 18.7. The Kier molecular flexibility index (Phi) is 6.40. The van der Waals surface area contributed by atoms with Crippen molar-refractivity contribution < 1.29 is 0 Å². The van der Waals surface area contributed by atoms with Gasteiger partial charge < -0.3 is 10.2 Å². The SMILES string of the molecule is CCn1cc(CN2CCN(C(=S)Nc3ccc(Cl)cc3Cl)CC2)c(C)n1. The molecule has 0 bridgehead atoms. The van der Waals surface area contributed by atoms with E-state index in [1.165, 1.54) is 5.56 Å². The second kappa shape index (κ2) is 8.57. The lowest BCUT2D eigenvalue weighted by Gasteiger charge is -2.36. The molecule has 1 saturated heterocycles. The minimum atomic E-state index is 0.571. The van der Waals surface area contributed by atoms with Gasteiger partial charge in [-0.2, -0.15) is 5.10 Å². The van der Waals surface area contributed by atoms with Crippen LogP contribution in [0, 0.1) is 6.92 Å². The van der Waals surface area contributed by atoms with E-state index in [0.717, 1.165) is 50.6 Å². The summed E-state index contributed by atoms with van der Waals surface area (Å²) in [7, 11) is 0. The number of anilines is 1. The van der Waals surface area contributed by atoms with Gasteiger partial charge in [-0.1, -0.05) is 23.2 Å². The van der Waals surface area contributed by atoms with Crippen molar-refractivity contribution in [2.45, 2.75) is 26.9 Å². The summed E-state index contributed by atoms with van der Waals surface area (Å²) in [5, 5.41) is 9.63. The van der Waals surface area contributed by atoms with Gasteiger partial charge >= 0.3 is 0 Å². The molecule has 0 unspecified atom stereocenters. The average Bonchev–Trinajstić information content (AvgIpc) is 2.98. The van der Waals surface area contributed by atoms with Crippen molar-refractivity contribution >= 4 is 46.2 Å². The van der Waals surface area contributed by atoms with Crippen molar-refractivity contribution in [1.82, 2.24) is 19.6 Å². The molecule has 0 amide bonds. The van der Waals surface area contributed by atoms with Crippen LogP contribution in [-0.4, -0.2) is 50.9 Å². The Labute approximate surface area is 169 Å². The van der Waals surface area contributed by atoms with Gasteiger partial charge in [0.05, 0.1) is 16.4 Å². The molecule has 5 nitrogen and oxygen atoms in total. The van der Waals surface area contributed by atoms with Crippen molar-refractivity contribution in [3.05, 3.63) is 45.7 Å². The van der Waals surface area contributed by atoms with Gasteiger partial charge in [-0.3, -0.25) is 9.58 Å². The number of nitrogens with one attached hydrogen (secondary N) is 1. The normalized spacial score (nSPS) is 15.3. The maximum atomic E-state index is 6.21. The molecule has 1 N–H and O–H groups in total. The van der Waals surface area contributed by atoms with E-state index in [-0.39, 0.29) is 0 Å². The van der Waals surface area contributed by atoms with Crippen LogP contribution in [0.3, 0.4) is 0 Å². The van der Waals surface area contributed by atoms with E-state index in [2.05, 4.69) is 40.3 Å². The van der Waals surface area contributed by atoms with Crippen molar-refractivity contribution in [3.63, 3.8) is 0 Å². The van der Waals surface area contributed by atoms with Crippen LogP contribution in [0.2, 0.25) is 10.0 Å². The first-order chi connectivity index (χ1) is 12.5. The summed E-state index contributed by atoms with van der Waals surface area (Å²) in [6.07, 6.45) is 2.15. The second-order valence-corrected chi connectivity index (χ2v) is 7.64. The van der Waals surface area contributed by atoms with Crippen LogP contribution < -0.4 is 5.32 Å². The number of thiocarbonyl (C=S) groups is 1.